The standard InChI is InChI=1S/C15H24N2O2S/c1-4-20(18,19)16-11-13(3)17-15(9-10-15)14-7-5-12(2)6-8-14/h5-8,13,16-17H,4,9-11H2,1-3H3/t13-/m0/s1. The molecule has 1 saturated carbocycles. The minimum atomic E-state index is -3.11. The van der Waals surface area contributed by atoms with Crippen LogP contribution in [-0.2, 0) is 15.6 Å². The molecular weight excluding hydrogens is 272 g/mol. The van der Waals surface area contributed by atoms with E-state index in [0.717, 1.165) is 12.8 Å². The molecule has 0 aliphatic heterocycles. The van der Waals surface area contributed by atoms with Crippen molar-refractivity contribution in [1.82, 2.24) is 10.0 Å². The maximum atomic E-state index is 11.5. The molecular formula is C15H24N2O2S. The van der Waals surface area contributed by atoms with Crippen LogP contribution in [0.5, 0.6) is 0 Å². The fourth-order valence-corrected chi connectivity index (χ4v) is 3.10. The van der Waals surface area contributed by atoms with Gasteiger partial charge in [0.15, 0.2) is 0 Å². The van der Waals surface area contributed by atoms with Gasteiger partial charge in [-0.15, -0.1) is 0 Å². The Bertz CT molecular complexity index is 548. The maximum absolute atomic E-state index is 11.5. The quantitative estimate of drug-likeness (QED) is 0.808. The Morgan fingerprint density at radius 1 is 1.25 bits per heavy atom. The van der Waals surface area contributed by atoms with Crippen LogP contribution in [0.25, 0.3) is 0 Å². The second-order valence-corrected chi connectivity index (χ2v) is 7.84. The third-order valence-electron chi connectivity index (χ3n) is 3.87. The first-order valence-corrected chi connectivity index (χ1v) is 8.84. The number of hydrogen-bond donors (Lipinski definition) is 2. The summed E-state index contributed by atoms with van der Waals surface area (Å²) in [5.41, 5.74) is 2.60. The van der Waals surface area contributed by atoms with E-state index in [0.29, 0.717) is 6.54 Å². The van der Waals surface area contributed by atoms with Crippen molar-refractivity contribution in [2.75, 3.05) is 12.3 Å². The summed E-state index contributed by atoms with van der Waals surface area (Å²) in [5.74, 6) is 0.128. The van der Waals surface area contributed by atoms with Gasteiger partial charge in [-0.05, 0) is 39.2 Å². The van der Waals surface area contributed by atoms with Crippen molar-refractivity contribution in [3.63, 3.8) is 0 Å². The highest BCUT2D eigenvalue weighted by atomic mass is 32.2. The molecule has 0 heterocycles. The summed E-state index contributed by atoms with van der Waals surface area (Å²) in [4.78, 5) is 0. The topological polar surface area (TPSA) is 58.2 Å². The largest absolute Gasteiger partial charge is 0.304 e. The van der Waals surface area contributed by atoms with E-state index < -0.39 is 10.0 Å². The van der Waals surface area contributed by atoms with E-state index in [-0.39, 0.29) is 17.3 Å². The van der Waals surface area contributed by atoms with Gasteiger partial charge < -0.3 is 5.32 Å². The zero-order valence-corrected chi connectivity index (χ0v) is 13.3. The van der Waals surface area contributed by atoms with E-state index in [1.54, 1.807) is 6.92 Å². The summed E-state index contributed by atoms with van der Waals surface area (Å²) in [7, 11) is -3.11. The van der Waals surface area contributed by atoms with Gasteiger partial charge in [0.1, 0.15) is 0 Å². The fourth-order valence-electron chi connectivity index (χ4n) is 2.39. The third kappa shape index (κ3) is 3.81. The molecule has 4 nitrogen and oxygen atoms in total. The lowest BCUT2D eigenvalue weighted by Crippen LogP contribution is -2.44. The van der Waals surface area contributed by atoms with Gasteiger partial charge in [-0.3, -0.25) is 0 Å². The van der Waals surface area contributed by atoms with Crippen molar-refractivity contribution < 1.29 is 8.42 Å². The van der Waals surface area contributed by atoms with Crippen molar-refractivity contribution in [2.45, 2.75) is 45.2 Å². The van der Waals surface area contributed by atoms with Crippen molar-refractivity contribution in [2.24, 2.45) is 0 Å². The van der Waals surface area contributed by atoms with Crippen molar-refractivity contribution in [3.8, 4) is 0 Å². The van der Waals surface area contributed by atoms with Crippen LogP contribution in [0.3, 0.4) is 0 Å². The Kier molecular flexibility index (Phi) is 4.52. The molecule has 1 aromatic rings. The Morgan fingerprint density at radius 2 is 1.85 bits per heavy atom. The summed E-state index contributed by atoms with van der Waals surface area (Å²) in [5, 5.41) is 3.57. The molecule has 0 bridgehead atoms. The minimum absolute atomic E-state index is 0.0464. The molecule has 0 radical (unpaired) electrons. The van der Waals surface area contributed by atoms with Gasteiger partial charge in [0.2, 0.25) is 10.0 Å². The summed E-state index contributed by atoms with van der Waals surface area (Å²) in [6, 6.07) is 8.69. The third-order valence-corrected chi connectivity index (χ3v) is 5.23. The van der Waals surface area contributed by atoms with E-state index in [1.165, 1.54) is 11.1 Å². The summed E-state index contributed by atoms with van der Waals surface area (Å²) in [6.45, 7) is 6.18. The summed E-state index contributed by atoms with van der Waals surface area (Å²) in [6.07, 6.45) is 2.22. The van der Waals surface area contributed by atoms with Crippen LogP contribution >= 0.6 is 0 Å². The molecule has 1 aliphatic rings. The lowest BCUT2D eigenvalue weighted by Gasteiger charge is -2.23. The van der Waals surface area contributed by atoms with Crippen LogP contribution in [0.15, 0.2) is 24.3 Å². The molecule has 20 heavy (non-hydrogen) atoms. The number of benzene rings is 1. The van der Waals surface area contributed by atoms with Gasteiger partial charge in [-0.2, -0.15) is 0 Å². The van der Waals surface area contributed by atoms with Gasteiger partial charge >= 0.3 is 0 Å². The fraction of sp³-hybridized carbons (Fsp3) is 0.600. The van der Waals surface area contributed by atoms with Crippen LogP contribution < -0.4 is 10.0 Å². The highest BCUT2D eigenvalue weighted by molar-refractivity contribution is 7.89. The normalized spacial score (nSPS) is 18.8. The van der Waals surface area contributed by atoms with Crippen LogP contribution in [0.1, 0.15) is 37.8 Å². The van der Waals surface area contributed by atoms with E-state index in [2.05, 4.69) is 41.2 Å². The lowest BCUT2D eigenvalue weighted by molar-refractivity contribution is 0.434. The first kappa shape index (κ1) is 15.5. The zero-order chi connectivity index (χ0) is 14.8. The molecule has 2 rings (SSSR count). The molecule has 2 N–H and O–H groups in total. The number of sulfonamides is 1. The molecule has 112 valence electrons. The molecule has 1 aliphatic carbocycles. The molecule has 0 aromatic heterocycles. The van der Waals surface area contributed by atoms with Crippen LogP contribution in [-0.4, -0.2) is 26.8 Å². The number of nitrogens with one attached hydrogen (secondary N) is 2. The van der Waals surface area contributed by atoms with Gasteiger partial charge in [-0.25, -0.2) is 13.1 Å². The molecule has 0 unspecified atom stereocenters. The molecule has 1 atom stereocenters. The molecule has 0 spiro atoms. The second-order valence-electron chi connectivity index (χ2n) is 5.75. The predicted molar refractivity (Wildman–Crippen MR) is 82.2 cm³/mol. The SMILES string of the molecule is CCS(=O)(=O)NC[C@H](C)NC1(c2ccc(C)cc2)CC1. The highest BCUT2D eigenvalue weighted by Gasteiger charge is 2.44. The average molecular weight is 296 g/mol. The first-order chi connectivity index (χ1) is 9.37. The Balaban J connectivity index is 1.94. The van der Waals surface area contributed by atoms with Gasteiger partial charge in [-0.1, -0.05) is 29.8 Å². The smallest absolute Gasteiger partial charge is 0.211 e. The van der Waals surface area contributed by atoms with E-state index in [9.17, 15) is 8.42 Å². The number of aryl methyl sites for hydroxylation is 1. The van der Waals surface area contributed by atoms with Crippen molar-refractivity contribution in [1.29, 1.82) is 0 Å². The number of hydrogen-bond acceptors (Lipinski definition) is 3. The van der Waals surface area contributed by atoms with Crippen LogP contribution in [0.2, 0.25) is 0 Å². The number of rotatable bonds is 7. The molecule has 5 heteroatoms. The van der Waals surface area contributed by atoms with Gasteiger partial charge in [0.05, 0.1) is 5.75 Å². The zero-order valence-electron chi connectivity index (χ0n) is 12.4. The van der Waals surface area contributed by atoms with Crippen LogP contribution in [0.4, 0.5) is 0 Å². The van der Waals surface area contributed by atoms with Crippen LogP contribution in [0, 0.1) is 6.92 Å². The molecule has 0 amide bonds. The maximum Gasteiger partial charge on any atom is 0.211 e. The van der Waals surface area contributed by atoms with Crippen molar-refractivity contribution in [3.05, 3.63) is 35.4 Å². The summed E-state index contributed by atoms with van der Waals surface area (Å²) < 4.78 is 25.5. The van der Waals surface area contributed by atoms with Crippen molar-refractivity contribution >= 4 is 10.0 Å². The van der Waals surface area contributed by atoms with E-state index in [1.807, 2.05) is 6.92 Å². The Hall–Kier alpha value is -0.910. The minimum Gasteiger partial charge on any atom is -0.304 e. The lowest BCUT2D eigenvalue weighted by atomic mass is 10.0. The Morgan fingerprint density at radius 3 is 2.35 bits per heavy atom. The van der Waals surface area contributed by atoms with Gasteiger partial charge in [0, 0.05) is 18.1 Å². The molecule has 1 fully saturated rings. The predicted octanol–water partition coefficient (Wildman–Crippen LogP) is 1.90. The average Bonchev–Trinajstić information content (AvgIpc) is 3.18. The first-order valence-electron chi connectivity index (χ1n) is 7.19. The molecule has 0 saturated heterocycles. The molecule has 1 aromatic carbocycles. The second kappa shape index (κ2) is 5.84. The van der Waals surface area contributed by atoms with E-state index in [4.69, 9.17) is 0 Å². The monoisotopic (exact) mass is 296 g/mol. The van der Waals surface area contributed by atoms with E-state index >= 15 is 0 Å². The van der Waals surface area contributed by atoms with Gasteiger partial charge in [0.25, 0.3) is 0 Å². The highest BCUT2D eigenvalue weighted by Crippen LogP contribution is 2.45. The Labute approximate surface area is 122 Å². The summed E-state index contributed by atoms with van der Waals surface area (Å²) >= 11 is 0.